The number of benzene rings is 1. The zero-order chi connectivity index (χ0) is 19.3. The molecule has 2 aliphatic heterocycles. The number of amides is 3. The van der Waals surface area contributed by atoms with Gasteiger partial charge in [-0.15, -0.1) is 0 Å². The summed E-state index contributed by atoms with van der Waals surface area (Å²) in [6.07, 6.45) is 2.75. The average Bonchev–Trinajstić information content (AvgIpc) is 2.72. The number of nitrogens with one attached hydrogen (secondary N) is 1. The summed E-state index contributed by atoms with van der Waals surface area (Å²) in [5.41, 5.74) is 0.0733. The normalized spacial score (nSPS) is 19.5. The molecule has 0 radical (unpaired) electrons. The van der Waals surface area contributed by atoms with Gasteiger partial charge in [-0.2, -0.15) is 0 Å². The van der Waals surface area contributed by atoms with Crippen LogP contribution in [0.1, 0.15) is 37.7 Å². The molecule has 7 heteroatoms. The molecule has 1 aromatic rings. The van der Waals surface area contributed by atoms with Gasteiger partial charge in [0.2, 0.25) is 11.8 Å². The largest absolute Gasteiger partial charge is 0.445 e. The number of carbonyl (C=O) groups is 3. The van der Waals surface area contributed by atoms with Crippen LogP contribution < -0.4 is 5.32 Å². The number of nitrogens with zero attached hydrogens (tertiary/aromatic N) is 2. The predicted molar refractivity (Wildman–Crippen MR) is 99.8 cm³/mol. The Hall–Kier alpha value is -2.57. The van der Waals surface area contributed by atoms with Crippen LogP contribution in [-0.2, 0) is 20.9 Å². The Balaban J connectivity index is 1.62. The highest BCUT2D eigenvalue weighted by Crippen LogP contribution is 2.33. The van der Waals surface area contributed by atoms with Gasteiger partial charge in [-0.1, -0.05) is 30.3 Å². The minimum atomic E-state index is -0.859. The van der Waals surface area contributed by atoms with Crippen molar-refractivity contribution in [3.63, 3.8) is 0 Å². The molecule has 0 unspecified atom stereocenters. The van der Waals surface area contributed by atoms with Gasteiger partial charge in [-0.25, -0.2) is 4.79 Å². The van der Waals surface area contributed by atoms with Gasteiger partial charge in [-0.05, 0) is 31.2 Å². The number of piperidine rings is 2. The van der Waals surface area contributed by atoms with Crippen LogP contribution in [0, 0.1) is 0 Å². The number of rotatable bonds is 4. The van der Waals surface area contributed by atoms with E-state index in [9.17, 15) is 14.4 Å². The fraction of sp³-hybridized carbons (Fsp3) is 0.550. The van der Waals surface area contributed by atoms with Crippen molar-refractivity contribution in [3.8, 4) is 0 Å². The molecule has 7 nitrogen and oxygen atoms in total. The Morgan fingerprint density at radius 1 is 1.11 bits per heavy atom. The Kier molecular flexibility index (Phi) is 5.98. The first-order valence-corrected chi connectivity index (χ1v) is 9.55. The van der Waals surface area contributed by atoms with Crippen molar-refractivity contribution in [1.82, 2.24) is 15.1 Å². The molecule has 2 saturated heterocycles. The van der Waals surface area contributed by atoms with Crippen LogP contribution >= 0.6 is 0 Å². The van der Waals surface area contributed by atoms with E-state index in [1.54, 1.807) is 16.8 Å². The zero-order valence-electron chi connectivity index (χ0n) is 15.8. The standard InChI is InChI=1S/C20H27N3O4/c1-21-18(25)20(23-12-6-5-9-17(23)24)10-13-22(14-11-20)19(26)27-15-16-7-3-2-4-8-16/h2-4,7-8H,5-6,9-15H2,1H3,(H,21,25). The maximum absolute atomic E-state index is 12.7. The van der Waals surface area contributed by atoms with Crippen LogP contribution in [0.5, 0.6) is 0 Å². The van der Waals surface area contributed by atoms with Gasteiger partial charge in [0.05, 0.1) is 0 Å². The van der Waals surface area contributed by atoms with Crippen LogP contribution in [0.25, 0.3) is 0 Å². The maximum Gasteiger partial charge on any atom is 0.410 e. The van der Waals surface area contributed by atoms with Crippen molar-refractivity contribution in [1.29, 1.82) is 0 Å². The summed E-state index contributed by atoms with van der Waals surface area (Å²) in [4.78, 5) is 40.9. The molecule has 0 bridgehead atoms. The first kappa shape index (κ1) is 19.2. The smallest absolute Gasteiger partial charge is 0.410 e. The molecule has 1 N–H and O–H groups in total. The fourth-order valence-electron chi connectivity index (χ4n) is 3.98. The van der Waals surface area contributed by atoms with E-state index in [1.807, 2.05) is 30.3 Å². The molecule has 0 aromatic heterocycles. The molecule has 2 heterocycles. The number of likely N-dealkylation sites (tertiary alicyclic amines) is 2. The van der Waals surface area contributed by atoms with Crippen LogP contribution in [-0.4, -0.2) is 59.9 Å². The second kappa shape index (κ2) is 8.41. The highest BCUT2D eigenvalue weighted by atomic mass is 16.6. The summed E-state index contributed by atoms with van der Waals surface area (Å²) in [7, 11) is 1.60. The van der Waals surface area contributed by atoms with E-state index in [1.165, 1.54) is 0 Å². The topological polar surface area (TPSA) is 79.0 Å². The van der Waals surface area contributed by atoms with Crippen LogP contribution in [0.4, 0.5) is 4.79 Å². The molecule has 27 heavy (non-hydrogen) atoms. The van der Waals surface area contributed by atoms with Crippen molar-refractivity contribution < 1.29 is 19.1 Å². The molecular formula is C20H27N3O4. The van der Waals surface area contributed by atoms with E-state index in [0.29, 0.717) is 38.9 Å². The highest BCUT2D eigenvalue weighted by molar-refractivity contribution is 5.92. The number of ether oxygens (including phenoxy) is 1. The molecule has 0 saturated carbocycles. The Morgan fingerprint density at radius 2 is 1.81 bits per heavy atom. The first-order chi connectivity index (χ1) is 13.1. The SMILES string of the molecule is CNC(=O)C1(N2CCCCC2=O)CCN(C(=O)OCc2ccccc2)CC1. The fourth-order valence-corrected chi connectivity index (χ4v) is 3.98. The minimum absolute atomic E-state index is 0.0324. The summed E-state index contributed by atoms with van der Waals surface area (Å²) in [6, 6.07) is 9.52. The maximum atomic E-state index is 12.7. The number of hydrogen-bond donors (Lipinski definition) is 1. The van der Waals surface area contributed by atoms with E-state index in [-0.39, 0.29) is 24.5 Å². The lowest BCUT2D eigenvalue weighted by Gasteiger charge is -2.48. The molecule has 0 aliphatic carbocycles. The minimum Gasteiger partial charge on any atom is -0.445 e. The average molecular weight is 373 g/mol. The van der Waals surface area contributed by atoms with Crippen molar-refractivity contribution in [2.45, 2.75) is 44.2 Å². The molecular weight excluding hydrogens is 346 g/mol. The first-order valence-electron chi connectivity index (χ1n) is 9.55. The second-order valence-electron chi connectivity index (χ2n) is 7.14. The van der Waals surface area contributed by atoms with Gasteiger partial charge in [0.25, 0.3) is 0 Å². The van der Waals surface area contributed by atoms with Gasteiger partial charge in [0.1, 0.15) is 12.1 Å². The molecule has 2 fully saturated rings. The quantitative estimate of drug-likeness (QED) is 0.875. The molecule has 2 aliphatic rings. The molecule has 3 rings (SSSR count). The lowest BCUT2D eigenvalue weighted by atomic mass is 9.83. The Bertz CT molecular complexity index is 684. The summed E-state index contributed by atoms with van der Waals surface area (Å²) in [5.74, 6) is -0.111. The molecule has 0 spiro atoms. The predicted octanol–water partition coefficient (Wildman–Crippen LogP) is 1.92. The lowest BCUT2D eigenvalue weighted by molar-refractivity contribution is -0.153. The third kappa shape index (κ3) is 4.07. The lowest BCUT2D eigenvalue weighted by Crippen LogP contribution is -2.65. The molecule has 3 amide bonds. The zero-order valence-corrected chi connectivity index (χ0v) is 15.8. The van der Waals surface area contributed by atoms with Crippen LogP contribution in [0.2, 0.25) is 0 Å². The van der Waals surface area contributed by atoms with E-state index in [4.69, 9.17) is 4.74 Å². The van der Waals surface area contributed by atoms with Gasteiger partial charge in [0, 0.05) is 33.1 Å². The van der Waals surface area contributed by atoms with Crippen molar-refractivity contribution in [2.75, 3.05) is 26.7 Å². The number of hydrogen-bond acceptors (Lipinski definition) is 4. The third-order valence-electron chi connectivity index (χ3n) is 5.54. The van der Waals surface area contributed by atoms with Crippen molar-refractivity contribution in [2.24, 2.45) is 0 Å². The molecule has 1 aromatic carbocycles. The molecule has 0 atom stereocenters. The third-order valence-corrected chi connectivity index (χ3v) is 5.54. The van der Waals surface area contributed by atoms with Gasteiger partial charge in [0.15, 0.2) is 0 Å². The molecule has 146 valence electrons. The summed E-state index contributed by atoms with van der Waals surface area (Å²) < 4.78 is 5.40. The summed E-state index contributed by atoms with van der Waals surface area (Å²) in [5, 5.41) is 2.72. The number of likely N-dealkylation sites (N-methyl/N-ethyl adjacent to an activating group) is 1. The van der Waals surface area contributed by atoms with Crippen molar-refractivity contribution in [3.05, 3.63) is 35.9 Å². The van der Waals surface area contributed by atoms with Gasteiger partial charge in [-0.3, -0.25) is 9.59 Å². The highest BCUT2D eigenvalue weighted by Gasteiger charge is 2.49. The Morgan fingerprint density at radius 3 is 2.44 bits per heavy atom. The van der Waals surface area contributed by atoms with E-state index < -0.39 is 5.54 Å². The van der Waals surface area contributed by atoms with Crippen LogP contribution in [0.3, 0.4) is 0 Å². The van der Waals surface area contributed by atoms with Gasteiger partial charge < -0.3 is 19.9 Å². The van der Waals surface area contributed by atoms with E-state index in [0.717, 1.165) is 18.4 Å². The summed E-state index contributed by atoms with van der Waals surface area (Å²) >= 11 is 0. The summed E-state index contributed by atoms with van der Waals surface area (Å²) in [6.45, 7) is 1.61. The van der Waals surface area contributed by atoms with E-state index >= 15 is 0 Å². The second-order valence-corrected chi connectivity index (χ2v) is 7.14. The Labute approximate surface area is 159 Å². The van der Waals surface area contributed by atoms with Gasteiger partial charge >= 0.3 is 6.09 Å². The number of carbonyl (C=O) groups excluding carboxylic acids is 3. The van der Waals surface area contributed by atoms with Crippen molar-refractivity contribution >= 4 is 17.9 Å². The van der Waals surface area contributed by atoms with E-state index in [2.05, 4.69) is 5.32 Å². The monoisotopic (exact) mass is 373 g/mol. The van der Waals surface area contributed by atoms with Crippen LogP contribution in [0.15, 0.2) is 30.3 Å².